The molecule has 0 radical (unpaired) electrons. The fourth-order valence-electron chi connectivity index (χ4n) is 4.75. The summed E-state index contributed by atoms with van der Waals surface area (Å²) in [6, 6.07) is 12.1. The number of halogens is 1. The van der Waals surface area contributed by atoms with Gasteiger partial charge in [0.25, 0.3) is 0 Å². The van der Waals surface area contributed by atoms with Gasteiger partial charge in [0.15, 0.2) is 5.82 Å². The summed E-state index contributed by atoms with van der Waals surface area (Å²) in [4.78, 5) is 13.9. The molecule has 0 fully saturated rings. The first kappa shape index (κ1) is 22.0. The van der Waals surface area contributed by atoms with Crippen LogP contribution in [0.5, 0.6) is 0 Å². The molecule has 4 aromatic rings. The van der Waals surface area contributed by atoms with Crippen molar-refractivity contribution in [2.45, 2.75) is 54.9 Å². The lowest BCUT2D eigenvalue weighted by molar-refractivity contribution is -0.137. The number of fused-ring (bicyclic) bond motifs is 3. The standard InChI is InChI=1S/C24H24ClN5O2S/c1-13(2)18-10-15(24-26-27-28-29(24)3)11-19-21(18)23(33-17-6-4-16(25)5-7-17)22-14(12-20(31)32)8-9-30(19)22/h4-7,10-11,13-14H,8-9,12H2,1-3H3,(H,31,32). The van der Waals surface area contributed by atoms with E-state index in [1.54, 1.807) is 16.4 Å². The van der Waals surface area contributed by atoms with Crippen molar-refractivity contribution in [3.8, 4) is 11.4 Å². The minimum Gasteiger partial charge on any atom is -0.481 e. The molecule has 1 N–H and O–H groups in total. The van der Waals surface area contributed by atoms with Gasteiger partial charge in [-0.15, -0.1) is 5.10 Å². The minimum atomic E-state index is -0.768. The average molecular weight is 482 g/mol. The first-order valence-corrected chi connectivity index (χ1v) is 12.1. The van der Waals surface area contributed by atoms with Crippen LogP contribution in [0.4, 0.5) is 0 Å². The zero-order chi connectivity index (χ0) is 23.3. The van der Waals surface area contributed by atoms with Crippen molar-refractivity contribution in [1.82, 2.24) is 24.8 Å². The highest BCUT2D eigenvalue weighted by Crippen LogP contribution is 2.49. The fourth-order valence-corrected chi connectivity index (χ4v) is 6.09. The molecule has 5 rings (SSSR count). The second kappa shape index (κ2) is 8.50. The highest BCUT2D eigenvalue weighted by Gasteiger charge is 2.33. The van der Waals surface area contributed by atoms with E-state index in [4.69, 9.17) is 11.6 Å². The number of aromatic nitrogens is 5. The van der Waals surface area contributed by atoms with Gasteiger partial charge in [-0.2, -0.15) is 0 Å². The number of rotatable bonds is 6. The molecule has 0 spiro atoms. The van der Waals surface area contributed by atoms with Crippen LogP contribution in [0.3, 0.4) is 0 Å². The highest BCUT2D eigenvalue weighted by molar-refractivity contribution is 7.99. The highest BCUT2D eigenvalue weighted by atomic mass is 35.5. The normalized spacial score (nSPS) is 15.5. The zero-order valence-electron chi connectivity index (χ0n) is 18.6. The Hall–Kier alpha value is -2.84. The number of hydrogen-bond acceptors (Lipinski definition) is 5. The lowest BCUT2D eigenvalue weighted by atomic mass is 9.94. The van der Waals surface area contributed by atoms with Gasteiger partial charge in [-0.1, -0.05) is 37.2 Å². The van der Waals surface area contributed by atoms with Gasteiger partial charge in [-0.05, 0) is 64.7 Å². The maximum atomic E-state index is 11.7. The number of hydrogen-bond donors (Lipinski definition) is 1. The Kier molecular flexibility index (Phi) is 5.66. The molecule has 0 aliphatic carbocycles. The van der Waals surface area contributed by atoms with E-state index in [-0.39, 0.29) is 18.3 Å². The van der Waals surface area contributed by atoms with E-state index in [9.17, 15) is 9.90 Å². The van der Waals surface area contributed by atoms with Crippen molar-refractivity contribution in [2.24, 2.45) is 7.05 Å². The van der Waals surface area contributed by atoms with Gasteiger partial charge in [0.2, 0.25) is 0 Å². The molecule has 170 valence electrons. The second-order valence-corrected chi connectivity index (χ2v) is 10.3. The third-order valence-electron chi connectivity index (χ3n) is 6.23. The van der Waals surface area contributed by atoms with Crippen LogP contribution >= 0.6 is 23.4 Å². The van der Waals surface area contributed by atoms with E-state index in [0.29, 0.717) is 10.8 Å². The van der Waals surface area contributed by atoms with Crippen molar-refractivity contribution in [1.29, 1.82) is 0 Å². The summed E-state index contributed by atoms with van der Waals surface area (Å²) in [5.74, 6) is 0.182. The van der Waals surface area contributed by atoms with Crippen LogP contribution in [-0.4, -0.2) is 35.9 Å². The Morgan fingerprint density at radius 2 is 2.03 bits per heavy atom. The molecule has 0 saturated carbocycles. The monoisotopic (exact) mass is 481 g/mol. The predicted octanol–water partition coefficient (Wildman–Crippen LogP) is 5.72. The summed E-state index contributed by atoms with van der Waals surface area (Å²) in [6.07, 6.45) is 0.945. The largest absolute Gasteiger partial charge is 0.481 e. The number of carbonyl (C=O) groups is 1. The fraction of sp³-hybridized carbons (Fsp3) is 0.333. The summed E-state index contributed by atoms with van der Waals surface area (Å²) in [5, 5.41) is 23.5. The molecule has 9 heteroatoms. The van der Waals surface area contributed by atoms with Crippen LogP contribution < -0.4 is 0 Å². The Labute approximate surface area is 200 Å². The Bertz CT molecular complexity index is 1360. The molecule has 0 bridgehead atoms. The van der Waals surface area contributed by atoms with E-state index < -0.39 is 5.97 Å². The summed E-state index contributed by atoms with van der Waals surface area (Å²) in [5.41, 5.74) is 4.39. The van der Waals surface area contributed by atoms with Crippen LogP contribution in [0.2, 0.25) is 5.02 Å². The number of tetrazole rings is 1. The van der Waals surface area contributed by atoms with Crippen molar-refractivity contribution < 1.29 is 9.90 Å². The molecule has 33 heavy (non-hydrogen) atoms. The van der Waals surface area contributed by atoms with Crippen LogP contribution in [0.15, 0.2) is 46.2 Å². The number of aryl methyl sites for hydroxylation is 2. The molecule has 1 aliphatic rings. The summed E-state index contributed by atoms with van der Waals surface area (Å²) in [7, 11) is 1.84. The molecule has 2 aromatic carbocycles. The third-order valence-corrected chi connectivity index (χ3v) is 7.61. The summed E-state index contributed by atoms with van der Waals surface area (Å²) >= 11 is 7.80. The molecule has 1 unspecified atom stereocenters. The summed E-state index contributed by atoms with van der Waals surface area (Å²) < 4.78 is 3.98. The van der Waals surface area contributed by atoms with Crippen molar-refractivity contribution >= 4 is 40.2 Å². The zero-order valence-corrected chi connectivity index (χ0v) is 20.2. The maximum absolute atomic E-state index is 11.7. The van der Waals surface area contributed by atoms with Gasteiger partial charge in [-0.25, -0.2) is 4.68 Å². The van der Waals surface area contributed by atoms with Gasteiger partial charge in [-0.3, -0.25) is 4.79 Å². The van der Waals surface area contributed by atoms with Crippen molar-refractivity contribution in [3.63, 3.8) is 0 Å². The van der Waals surface area contributed by atoms with Gasteiger partial charge in [0.1, 0.15) is 0 Å². The Morgan fingerprint density at radius 1 is 1.27 bits per heavy atom. The van der Waals surface area contributed by atoms with Gasteiger partial charge in [0, 0.05) is 51.0 Å². The number of carboxylic acids is 1. The molecule has 3 heterocycles. The van der Waals surface area contributed by atoms with E-state index >= 15 is 0 Å². The number of benzene rings is 2. The maximum Gasteiger partial charge on any atom is 0.304 e. The van der Waals surface area contributed by atoms with Crippen molar-refractivity contribution in [2.75, 3.05) is 0 Å². The number of aliphatic carboxylic acids is 1. The third kappa shape index (κ3) is 3.91. The first-order chi connectivity index (χ1) is 15.8. The molecular weight excluding hydrogens is 458 g/mol. The quantitative estimate of drug-likeness (QED) is 0.379. The van der Waals surface area contributed by atoms with Crippen LogP contribution in [0.1, 0.15) is 49.8 Å². The molecule has 0 amide bonds. The molecular formula is C24H24ClN5O2S. The summed E-state index contributed by atoms with van der Waals surface area (Å²) in [6.45, 7) is 5.16. The van der Waals surface area contributed by atoms with Crippen LogP contribution in [-0.2, 0) is 18.4 Å². The van der Waals surface area contributed by atoms with E-state index in [0.717, 1.165) is 39.5 Å². The number of nitrogens with zero attached hydrogens (tertiary/aromatic N) is 5. The average Bonchev–Trinajstić information content (AvgIpc) is 3.45. The second-order valence-electron chi connectivity index (χ2n) is 8.75. The van der Waals surface area contributed by atoms with E-state index in [2.05, 4.69) is 46.1 Å². The first-order valence-electron chi connectivity index (χ1n) is 10.9. The molecule has 1 aliphatic heterocycles. The molecule has 1 atom stereocenters. The molecule has 2 aromatic heterocycles. The van der Waals surface area contributed by atoms with Gasteiger partial charge >= 0.3 is 5.97 Å². The Morgan fingerprint density at radius 3 is 2.67 bits per heavy atom. The molecule has 7 nitrogen and oxygen atoms in total. The minimum absolute atomic E-state index is 0.0235. The topological polar surface area (TPSA) is 85.8 Å². The van der Waals surface area contributed by atoms with Crippen molar-refractivity contribution in [3.05, 3.63) is 52.7 Å². The number of carboxylic acid groups (broad SMARTS) is 1. The van der Waals surface area contributed by atoms with E-state index in [1.807, 2.05) is 31.3 Å². The molecule has 0 saturated heterocycles. The van der Waals surface area contributed by atoms with Gasteiger partial charge in [0.05, 0.1) is 11.9 Å². The SMILES string of the molecule is CC(C)c1cc(-c2nnnn2C)cc2c1c(Sc1ccc(Cl)cc1)c1n2CCC1CC(=O)O. The lowest BCUT2D eigenvalue weighted by Gasteiger charge is -2.14. The van der Waals surface area contributed by atoms with E-state index in [1.165, 1.54) is 10.9 Å². The lowest BCUT2D eigenvalue weighted by Crippen LogP contribution is -2.04. The predicted molar refractivity (Wildman–Crippen MR) is 129 cm³/mol. The van der Waals surface area contributed by atoms with Crippen LogP contribution in [0.25, 0.3) is 22.3 Å². The Balaban J connectivity index is 1.78. The van der Waals surface area contributed by atoms with Gasteiger partial charge < -0.3 is 9.67 Å². The van der Waals surface area contributed by atoms with Crippen LogP contribution in [0, 0.1) is 0 Å². The smallest absolute Gasteiger partial charge is 0.304 e.